The number of rotatable bonds is 3. The molecular formula is C12H19N3O4. The van der Waals surface area contributed by atoms with Crippen molar-refractivity contribution in [2.45, 2.75) is 44.2 Å². The minimum absolute atomic E-state index is 0.0823. The van der Waals surface area contributed by atoms with E-state index in [0.29, 0.717) is 12.3 Å². The highest BCUT2D eigenvalue weighted by atomic mass is 16.4. The van der Waals surface area contributed by atoms with Gasteiger partial charge in [0.05, 0.1) is 6.54 Å². The molecule has 2 aliphatic rings. The fourth-order valence-electron chi connectivity index (χ4n) is 3.37. The summed E-state index contributed by atoms with van der Waals surface area (Å²) in [7, 11) is 0. The average Bonchev–Trinajstić information content (AvgIpc) is 2.67. The summed E-state index contributed by atoms with van der Waals surface area (Å²) < 4.78 is 0. The molecule has 3 amide bonds. The van der Waals surface area contributed by atoms with E-state index in [1.54, 1.807) is 4.90 Å². The zero-order chi connectivity index (χ0) is 14.0. The van der Waals surface area contributed by atoms with E-state index in [2.05, 4.69) is 0 Å². The van der Waals surface area contributed by atoms with E-state index in [4.69, 9.17) is 5.73 Å². The van der Waals surface area contributed by atoms with Crippen LogP contribution in [0.3, 0.4) is 0 Å². The molecule has 3 atom stereocenters. The summed E-state index contributed by atoms with van der Waals surface area (Å²) in [6, 6.07) is -1.41. The van der Waals surface area contributed by atoms with Crippen LogP contribution in [-0.4, -0.2) is 46.5 Å². The van der Waals surface area contributed by atoms with Gasteiger partial charge in [0, 0.05) is 6.04 Å². The predicted octanol–water partition coefficient (Wildman–Crippen LogP) is -0.101. The largest absolute Gasteiger partial charge is 0.480 e. The Morgan fingerprint density at radius 3 is 2.58 bits per heavy atom. The van der Waals surface area contributed by atoms with E-state index in [1.807, 2.05) is 5.32 Å². The lowest BCUT2D eigenvalue weighted by atomic mass is 9.85. The van der Waals surface area contributed by atoms with Crippen molar-refractivity contribution in [3.8, 4) is 0 Å². The van der Waals surface area contributed by atoms with Gasteiger partial charge in [-0.05, 0) is 25.2 Å². The number of nitrogens with one attached hydrogen (secondary N) is 1. The van der Waals surface area contributed by atoms with Crippen molar-refractivity contribution in [3.05, 3.63) is 0 Å². The van der Waals surface area contributed by atoms with E-state index in [1.165, 1.54) is 0 Å². The Kier molecular flexibility index (Phi) is 4.04. The number of imide groups is 1. The second-order valence-corrected chi connectivity index (χ2v) is 5.29. The monoisotopic (exact) mass is 269 g/mol. The van der Waals surface area contributed by atoms with E-state index < -0.39 is 23.9 Å². The molecule has 106 valence electrons. The van der Waals surface area contributed by atoms with Gasteiger partial charge in [0.2, 0.25) is 5.91 Å². The van der Waals surface area contributed by atoms with E-state index in [0.717, 1.165) is 25.7 Å². The van der Waals surface area contributed by atoms with Crippen LogP contribution in [0.25, 0.3) is 0 Å². The van der Waals surface area contributed by atoms with Gasteiger partial charge in [-0.3, -0.25) is 19.8 Å². The molecule has 0 aromatic carbocycles. The fraction of sp³-hybridized carbons (Fsp3) is 0.750. The lowest BCUT2D eigenvalue weighted by molar-refractivity contribution is -0.143. The van der Waals surface area contributed by atoms with Crippen LogP contribution in [0.4, 0.5) is 4.79 Å². The maximum atomic E-state index is 11.6. The first-order chi connectivity index (χ1) is 8.99. The summed E-state index contributed by atoms with van der Waals surface area (Å²) in [5.74, 6) is -1.09. The van der Waals surface area contributed by atoms with Crippen molar-refractivity contribution >= 4 is 17.9 Å². The summed E-state index contributed by atoms with van der Waals surface area (Å²) >= 11 is 0. The molecular weight excluding hydrogens is 250 g/mol. The van der Waals surface area contributed by atoms with Crippen LogP contribution in [0.1, 0.15) is 32.1 Å². The topological polar surface area (TPSA) is 113 Å². The van der Waals surface area contributed by atoms with Crippen LogP contribution in [0, 0.1) is 5.92 Å². The first-order valence-corrected chi connectivity index (χ1v) is 6.57. The maximum Gasteiger partial charge on any atom is 0.320 e. The Balaban J connectivity index is 2.07. The molecule has 0 radical (unpaired) electrons. The number of amides is 3. The minimum atomic E-state index is -0.906. The van der Waals surface area contributed by atoms with E-state index >= 15 is 0 Å². The van der Waals surface area contributed by atoms with Gasteiger partial charge < -0.3 is 10.8 Å². The molecule has 2 rings (SSSR count). The molecule has 7 heteroatoms. The number of carboxylic acids is 1. The Bertz CT molecular complexity index is 398. The Hall–Kier alpha value is -1.63. The van der Waals surface area contributed by atoms with Gasteiger partial charge in [0.1, 0.15) is 6.04 Å². The molecule has 0 aromatic heterocycles. The van der Waals surface area contributed by atoms with Crippen molar-refractivity contribution in [1.82, 2.24) is 10.2 Å². The number of carboxylic acid groups (broad SMARTS) is 1. The van der Waals surface area contributed by atoms with Crippen LogP contribution < -0.4 is 11.1 Å². The summed E-state index contributed by atoms with van der Waals surface area (Å²) in [5.41, 5.74) is 4.89. The number of urea groups is 1. The third-order valence-electron chi connectivity index (χ3n) is 4.10. The van der Waals surface area contributed by atoms with Gasteiger partial charge in [-0.1, -0.05) is 12.8 Å². The van der Waals surface area contributed by atoms with Crippen LogP contribution in [0.15, 0.2) is 0 Å². The SMILES string of the molecule is NC(=O)NC(=O)CN1C(C(=O)O)CC2CCCCC21. The standard InChI is InChI=1S/C12H19N3O4/c13-12(19)14-10(16)6-15-8-4-2-1-3-7(8)5-9(15)11(17)18/h7-9H,1-6H2,(H,17,18)(H3,13,14,16,19). The molecule has 2 fully saturated rings. The lowest BCUT2D eigenvalue weighted by Crippen LogP contribution is -2.49. The molecule has 3 unspecified atom stereocenters. The van der Waals surface area contributed by atoms with Gasteiger partial charge in [-0.15, -0.1) is 0 Å². The lowest BCUT2D eigenvalue weighted by Gasteiger charge is -2.32. The van der Waals surface area contributed by atoms with Crippen molar-refractivity contribution in [2.24, 2.45) is 11.7 Å². The third kappa shape index (κ3) is 3.04. The number of aliphatic carboxylic acids is 1. The number of nitrogens with two attached hydrogens (primary N) is 1. The molecule has 1 heterocycles. The molecule has 19 heavy (non-hydrogen) atoms. The molecule has 1 saturated heterocycles. The van der Waals surface area contributed by atoms with Gasteiger partial charge in [-0.2, -0.15) is 0 Å². The molecule has 0 bridgehead atoms. The maximum absolute atomic E-state index is 11.6. The van der Waals surface area contributed by atoms with Crippen molar-refractivity contribution in [3.63, 3.8) is 0 Å². The molecule has 1 saturated carbocycles. The average molecular weight is 269 g/mol. The smallest absolute Gasteiger partial charge is 0.320 e. The molecule has 1 aliphatic carbocycles. The van der Waals surface area contributed by atoms with Gasteiger partial charge in [-0.25, -0.2) is 4.79 Å². The number of carbonyl (C=O) groups is 3. The Morgan fingerprint density at radius 2 is 1.95 bits per heavy atom. The molecule has 1 aliphatic heterocycles. The van der Waals surface area contributed by atoms with Crippen molar-refractivity contribution < 1.29 is 19.5 Å². The van der Waals surface area contributed by atoms with Gasteiger partial charge in [0.15, 0.2) is 0 Å². The second kappa shape index (κ2) is 5.56. The Morgan fingerprint density at radius 1 is 1.26 bits per heavy atom. The summed E-state index contributed by atoms with van der Waals surface area (Å²) in [6.45, 7) is -0.0823. The number of primary amides is 1. The second-order valence-electron chi connectivity index (χ2n) is 5.29. The minimum Gasteiger partial charge on any atom is -0.480 e. The fourth-order valence-corrected chi connectivity index (χ4v) is 3.37. The Labute approximate surface area is 111 Å². The predicted molar refractivity (Wildman–Crippen MR) is 66.2 cm³/mol. The highest BCUT2D eigenvalue weighted by Crippen LogP contribution is 2.39. The number of carbonyl (C=O) groups excluding carboxylic acids is 2. The first kappa shape index (κ1) is 13.8. The zero-order valence-electron chi connectivity index (χ0n) is 10.7. The summed E-state index contributed by atoms with van der Waals surface area (Å²) in [4.78, 5) is 35.2. The molecule has 0 aromatic rings. The highest BCUT2D eigenvalue weighted by molar-refractivity contribution is 5.94. The number of likely N-dealkylation sites (tertiary alicyclic amines) is 1. The molecule has 4 N–H and O–H groups in total. The molecule has 7 nitrogen and oxygen atoms in total. The summed E-state index contributed by atoms with van der Waals surface area (Å²) in [5, 5.41) is 11.3. The van der Waals surface area contributed by atoms with Crippen LogP contribution >= 0.6 is 0 Å². The zero-order valence-corrected chi connectivity index (χ0v) is 10.7. The number of fused-ring (bicyclic) bond motifs is 1. The molecule has 0 spiro atoms. The normalized spacial score (nSPS) is 30.6. The first-order valence-electron chi connectivity index (χ1n) is 6.57. The van der Waals surface area contributed by atoms with E-state index in [9.17, 15) is 19.5 Å². The van der Waals surface area contributed by atoms with Crippen molar-refractivity contribution in [1.29, 1.82) is 0 Å². The quantitative estimate of drug-likeness (QED) is 0.662. The van der Waals surface area contributed by atoms with Gasteiger partial charge in [0.25, 0.3) is 0 Å². The van der Waals surface area contributed by atoms with Crippen LogP contribution in [0.5, 0.6) is 0 Å². The summed E-state index contributed by atoms with van der Waals surface area (Å²) in [6.07, 6.45) is 4.70. The van der Waals surface area contributed by atoms with Crippen LogP contribution in [-0.2, 0) is 9.59 Å². The number of hydrogen-bond acceptors (Lipinski definition) is 4. The number of hydrogen-bond donors (Lipinski definition) is 3. The third-order valence-corrected chi connectivity index (χ3v) is 4.10. The van der Waals surface area contributed by atoms with E-state index in [-0.39, 0.29) is 12.6 Å². The van der Waals surface area contributed by atoms with Crippen molar-refractivity contribution in [2.75, 3.05) is 6.54 Å². The number of nitrogens with zero attached hydrogens (tertiary/aromatic N) is 1. The highest BCUT2D eigenvalue weighted by Gasteiger charge is 2.45. The van der Waals surface area contributed by atoms with Crippen LogP contribution in [0.2, 0.25) is 0 Å². The van der Waals surface area contributed by atoms with Gasteiger partial charge >= 0.3 is 12.0 Å².